The van der Waals surface area contributed by atoms with Crippen LogP contribution in [0, 0.1) is 0 Å². The average Bonchev–Trinajstić information content (AvgIpc) is 2.54. The van der Waals surface area contributed by atoms with E-state index >= 15 is 0 Å². The van der Waals surface area contributed by atoms with Gasteiger partial charge in [0.05, 0.1) is 18.3 Å². The van der Waals surface area contributed by atoms with Crippen molar-refractivity contribution in [3.63, 3.8) is 0 Å². The third-order valence-corrected chi connectivity index (χ3v) is 4.76. The molecule has 1 heterocycles. The van der Waals surface area contributed by atoms with E-state index in [1.807, 2.05) is 23.9 Å². The predicted molar refractivity (Wildman–Crippen MR) is 90.4 cm³/mol. The molecule has 0 aliphatic carbocycles. The summed E-state index contributed by atoms with van der Waals surface area (Å²) in [6.07, 6.45) is 2.17. The van der Waals surface area contributed by atoms with Crippen molar-refractivity contribution in [1.29, 1.82) is 0 Å². The van der Waals surface area contributed by atoms with E-state index in [4.69, 9.17) is 4.74 Å². The Balaban J connectivity index is 1.81. The molecule has 0 spiro atoms. The smallest absolute Gasteiger partial charge is 0.142 e. The second-order valence-electron chi connectivity index (χ2n) is 5.22. The highest BCUT2D eigenvalue weighted by Gasteiger charge is 2.20. The molecule has 2 aromatic carbocycles. The highest BCUT2D eigenvalue weighted by atomic mass is 32.2. The van der Waals surface area contributed by atoms with Gasteiger partial charge in [-0.1, -0.05) is 37.3 Å². The van der Waals surface area contributed by atoms with Gasteiger partial charge in [-0.2, -0.15) is 0 Å². The van der Waals surface area contributed by atoms with Crippen LogP contribution >= 0.6 is 11.8 Å². The summed E-state index contributed by atoms with van der Waals surface area (Å²) in [6.45, 7) is 2.89. The monoisotopic (exact) mass is 299 g/mol. The molecule has 2 nitrogen and oxygen atoms in total. The van der Waals surface area contributed by atoms with Gasteiger partial charge in [0.2, 0.25) is 0 Å². The second-order valence-corrected chi connectivity index (χ2v) is 6.35. The standard InChI is InChI=1S/C18H21NOS/c1-2-12-20-17-9-5-4-8-16(17)19-15-11-13-21-18-10-6-3-7-14(15)18/h3-10,15,19H,2,11-13H2,1H3. The summed E-state index contributed by atoms with van der Waals surface area (Å²) in [4.78, 5) is 1.40. The van der Waals surface area contributed by atoms with E-state index in [0.29, 0.717) is 6.04 Å². The van der Waals surface area contributed by atoms with Crippen LogP contribution < -0.4 is 10.1 Å². The molecule has 1 atom stereocenters. The number of para-hydroxylation sites is 2. The summed E-state index contributed by atoms with van der Waals surface area (Å²) in [6, 6.07) is 17.3. The maximum absolute atomic E-state index is 5.85. The normalized spacial score (nSPS) is 17.1. The fourth-order valence-corrected chi connectivity index (χ4v) is 3.73. The zero-order chi connectivity index (χ0) is 14.5. The van der Waals surface area contributed by atoms with E-state index in [0.717, 1.165) is 36.6 Å². The number of hydrogen-bond donors (Lipinski definition) is 1. The quantitative estimate of drug-likeness (QED) is 0.827. The molecule has 1 N–H and O–H groups in total. The Hall–Kier alpha value is -1.61. The summed E-state index contributed by atoms with van der Waals surface area (Å²) in [5, 5.41) is 3.68. The zero-order valence-electron chi connectivity index (χ0n) is 12.3. The summed E-state index contributed by atoms with van der Waals surface area (Å²) in [5.41, 5.74) is 2.50. The van der Waals surface area contributed by atoms with Crippen LogP contribution in [0.1, 0.15) is 31.4 Å². The van der Waals surface area contributed by atoms with Crippen LogP contribution in [0.5, 0.6) is 5.75 Å². The van der Waals surface area contributed by atoms with Crippen molar-refractivity contribution in [2.75, 3.05) is 17.7 Å². The Labute approximate surface area is 130 Å². The van der Waals surface area contributed by atoms with Crippen LogP contribution in [-0.4, -0.2) is 12.4 Å². The summed E-state index contributed by atoms with van der Waals surface area (Å²) >= 11 is 1.95. The molecule has 0 amide bonds. The lowest BCUT2D eigenvalue weighted by Crippen LogP contribution is -2.16. The van der Waals surface area contributed by atoms with Crippen molar-refractivity contribution in [3.05, 3.63) is 54.1 Å². The van der Waals surface area contributed by atoms with E-state index in [1.165, 1.54) is 10.5 Å². The van der Waals surface area contributed by atoms with Gasteiger partial charge in [0.1, 0.15) is 5.75 Å². The van der Waals surface area contributed by atoms with Crippen molar-refractivity contribution in [2.24, 2.45) is 0 Å². The first-order chi connectivity index (χ1) is 10.4. The van der Waals surface area contributed by atoms with Crippen LogP contribution in [0.3, 0.4) is 0 Å². The predicted octanol–water partition coefficient (Wildman–Crippen LogP) is 5.12. The molecule has 21 heavy (non-hydrogen) atoms. The lowest BCUT2D eigenvalue weighted by molar-refractivity contribution is 0.318. The summed E-state index contributed by atoms with van der Waals surface area (Å²) in [7, 11) is 0. The molecule has 0 aromatic heterocycles. The maximum Gasteiger partial charge on any atom is 0.142 e. The van der Waals surface area contributed by atoms with Crippen LogP contribution in [-0.2, 0) is 0 Å². The van der Waals surface area contributed by atoms with Crippen molar-refractivity contribution < 1.29 is 4.74 Å². The van der Waals surface area contributed by atoms with Crippen LogP contribution in [0.15, 0.2) is 53.4 Å². The van der Waals surface area contributed by atoms with Crippen LogP contribution in [0.4, 0.5) is 5.69 Å². The number of rotatable bonds is 5. The molecule has 1 aliphatic rings. The van der Waals surface area contributed by atoms with Gasteiger partial charge in [0.25, 0.3) is 0 Å². The largest absolute Gasteiger partial charge is 0.491 e. The lowest BCUT2D eigenvalue weighted by atomic mass is 10.0. The van der Waals surface area contributed by atoms with Gasteiger partial charge in [-0.3, -0.25) is 0 Å². The van der Waals surface area contributed by atoms with Gasteiger partial charge >= 0.3 is 0 Å². The van der Waals surface area contributed by atoms with Gasteiger partial charge in [0.15, 0.2) is 0 Å². The third-order valence-electron chi connectivity index (χ3n) is 3.64. The van der Waals surface area contributed by atoms with Crippen LogP contribution in [0.25, 0.3) is 0 Å². The second kappa shape index (κ2) is 6.90. The number of fused-ring (bicyclic) bond motifs is 1. The molecule has 2 aromatic rings. The lowest BCUT2D eigenvalue weighted by Gasteiger charge is -2.27. The molecule has 1 aliphatic heterocycles. The summed E-state index contributed by atoms with van der Waals surface area (Å²) in [5.74, 6) is 2.11. The molecule has 0 bridgehead atoms. The van der Waals surface area contributed by atoms with Crippen molar-refractivity contribution in [2.45, 2.75) is 30.7 Å². The number of thioether (sulfide) groups is 1. The van der Waals surface area contributed by atoms with Gasteiger partial charge in [-0.05, 0) is 36.6 Å². The highest BCUT2D eigenvalue weighted by Crippen LogP contribution is 2.39. The molecule has 0 radical (unpaired) electrons. The Morgan fingerprint density at radius 3 is 2.86 bits per heavy atom. The van der Waals surface area contributed by atoms with Crippen molar-refractivity contribution in [1.82, 2.24) is 0 Å². The maximum atomic E-state index is 5.85. The minimum Gasteiger partial charge on any atom is -0.491 e. The fraction of sp³-hybridized carbons (Fsp3) is 0.333. The molecular weight excluding hydrogens is 278 g/mol. The number of ether oxygens (including phenoxy) is 1. The molecular formula is C18H21NOS. The third kappa shape index (κ3) is 3.35. The molecule has 0 fully saturated rings. The minimum absolute atomic E-state index is 0.369. The van der Waals surface area contributed by atoms with E-state index < -0.39 is 0 Å². The molecule has 0 saturated carbocycles. The van der Waals surface area contributed by atoms with Gasteiger partial charge in [-0.25, -0.2) is 0 Å². The Morgan fingerprint density at radius 1 is 1.14 bits per heavy atom. The number of benzene rings is 2. The SMILES string of the molecule is CCCOc1ccccc1NC1CCSc2ccccc21. The van der Waals surface area contributed by atoms with E-state index in [2.05, 4.69) is 48.6 Å². The van der Waals surface area contributed by atoms with Crippen LogP contribution in [0.2, 0.25) is 0 Å². The summed E-state index contributed by atoms with van der Waals surface area (Å²) < 4.78 is 5.85. The topological polar surface area (TPSA) is 21.3 Å². The van der Waals surface area contributed by atoms with E-state index in [1.54, 1.807) is 0 Å². The first kappa shape index (κ1) is 14.3. The first-order valence-corrected chi connectivity index (χ1v) is 8.57. The van der Waals surface area contributed by atoms with Gasteiger partial charge in [-0.15, -0.1) is 11.8 Å². The van der Waals surface area contributed by atoms with Crippen molar-refractivity contribution in [3.8, 4) is 5.75 Å². The first-order valence-electron chi connectivity index (χ1n) is 7.58. The molecule has 3 heteroatoms. The number of anilines is 1. The minimum atomic E-state index is 0.369. The van der Waals surface area contributed by atoms with Gasteiger partial charge in [0, 0.05) is 10.6 Å². The Kier molecular flexibility index (Phi) is 4.71. The molecule has 1 unspecified atom stereocenters. The number of nitrogens with one attached hydrogen (secondary N) is 1. The molecule has 3 rings (SSSR count). The number of hydrogen-bond acceptors (Lipinski definition) is 3. The average molecular weight is 299 g/mol. The Bertz CT molecular complexity index is 599. The van der Waals surface area contributed by atoms with Crippen molar-refractivity contribution >= 4 is 17.4 Å². The molecule has 0 saturated heterocycles. The van der Waals surface area contributed by atoms with Gasteiger partial charge < -0.3 is 10.1 Å². The highest BCUT2D eigenvalue weighted by molar-refractivity contribution is 7.99. The molecule has 110 valence electrons. The van der Waals surface area contributed by atoms with E-state index in [9.17, 15) is 0 Å². The Morgan fingerprint density at radius 2 is 1.95 bits per heavy atom. The fourth-order valence-electron chi connectivity index (χ4n) is 2.60. The van der Waals surface area contributed by atoms with E-state index in [-0.39, 0.29) is 0 Å². The zero-order valence-corrected chi connectivity index (χ0v) is 13.2.